The van der Waals surface area contributed by atoms with E-state index in [-0.39, 0.29) is 4.90 Å². The van der Waals surface area contributed by atoms with Crippen molar-refractivity contribution in [3.05, 3.63) is 59.1 Å². The quantitative estimate of drug-likeness (QED) is 0.491. The summed E-state index contributed by atoms with van der Waals surface area (Å²) in [6, 6.07) is 12.9. The summed E-state index contributed by atoms with van der Waals surface area (Å²) in [5, 5.41) is 4.26. The Morgan fingerprint density at radius 2 is 1.89 bits per heavy atom. The minimum atomic E-state index is -3.81. The number of sulfonamides is 1. The third-order valence-electron chi connectivity index (χ3n) is 3.32. The zero-order valence-electron chi connectivity index (χ0n) is 14.7. The van der Waals surface area contributed by atoms with Gasteiger partial charge < -0.3 is 4.74 Å². The number of hydrogen-bond acceptors (Lipinski definition) is 5. The molecule has 7 nitrogen and oxygen atoms in total. The average Bonchev–Trinajstić information content (AvgIpc) is 2.66. The molecule has 0 bridgehead atoms. The van der Waals surface area contributed by atoms with Crippen molar-refractivity contribution in [2.24, 2.45) is 5.10 Å². The van der Waals surface area contributed by atoms with Gasteiger partial charge in [-0.15, -0.1) is 0 Å². The van der Waals surface area contributed by atoms with Crippen molar-refractivity contribution in [1.82, 2.24) is 10.1 Å². The predicted molar refractivity (Wildman–Crippen MR) is 105 cm³/mol. The van der Waals surface area contributed by atoms with Crippen molar-refractivity contribution >= 4 is 33.7 Å². The zero-order chi connectivity index (χ0) is 19.7. The summed E-state index contributed by atoms with van der Waals surface area (Å²) in [6.07, 6.45) is 2.31. The van der Waals surface area contributed by atoms with Crippen molar-refractivity contribution in [3.8, 4) is 5.75 Å². The Bertz CT molecular complexity index is 899. The summed E-state index contributed by atoms with van der Waals surface area (Å²) < 4.78 is 32.0. The van der Waals surface area contributed by atoms with Gasteiger partial charge in [0.2, 0.25) is 10.0 Å². The fourth-order valence-electron chi connectivity index (χ4n) is 2.00. The second-order valence-electron chi connectivity index (χ2n) is 5.46. The number of para-hydroxylation sites is 1. The van der Waals surface area contributed by atoms with Crippen LogP contribution in [0.1, 0.15) is 18.9 Å². The Morgan fingerprint density at radius 1 is 1.19 bits per heavy atom. The summed E-state index contributed by atoms with van der Waals surface area (Å²) in [7, 11) is -3.81. The van der Waals surface area contributed by atoms with Crippen LogP contribution < -0.4 is 14.9 Å². The van der Waals surface area contributed by atoms with Crippen LogP contribution in [0.3, 0.4) is 0 Å². The maximum absolute atomic E-state index is 12.1. The highest BCUT2D eigenvalue weighted by Gasteiger charge is 2.15. The molecule has 27 heavy (non-hydrogen) atoms. The number of hydrogen-bond donors (Lipinski definition) is 2. The van der Waals surface area contributed by atoms with Gasteiger partial charge in [-0.3, -0.25) is 4.79 Å². The normalized spacial score (nSPS) is 11.5. The van der Waals surface area contributed by atoms with E-state index in [1.807, 2.05) is 19.1 Å². The van der Waals surface area contributed by atoms with E-state index in [0.29, 0.717) is 22.9 Å². The van der Waals surface area contributed by atoms with Gasteiger partial charge in [0.1, 0.15) is 5.75 Å². The fourth-order valence-corrected chi connectivity index (χ4v) is 3.11. The van der Waals surface area contributed by atoms with E-state index >= 15 is 0 Å². The van der Waals surface area contributed by atoms with Gasteiger partial charge in [0.15, 0.2) is 0 Å². The van der Waals surface area contributed by atoms with E-state index in [1.165, 1.54) is 30.5 Å². The second-order valence-corrected chi connectivity index (χ2v) is 7.66. The van der Waals surface area contributed by atoms with Gasteiger partial charge in [-0.2, -0.15) is 5.10 Å². The molecule has 0 atom stereocenters. The number of amides is 1. The fraction of sp³-hybridized carbons (Fsp3) is 0.222. The number of carbonyl (C=O) groups is 1. The molecule has 0 aliphatic rings. The summed E-state index contributed by atoms with van der Waals surface area (Å²) in [5.74, 6) is 0.0523. The SMILES string of the molecule is CCCOc1ccccc1/C=N\NC(=O)CNS(=O)(=O)c1ccc(Cl)cc1. The number of rotatable bonds is 9. The van der Waals surface area contributed by atoms with Crippen LogP contribution in [0, 0.1) is 0 Å². The molecular weight excluding hydrogens is 390 g/mol. The lowest BCUT2D eigenvalue weighted by Gasteiger charge is -2.07. The van der Waals surface area contributed by atoms with E-state index in [4.69, 9.17) is 16.3 Å². The molecule has 0 fully saturated rings. The lowest BCUT2D eigenvalue weighted by atomic mass is 10.2. The van der Waals surface area contributed by atoms with Gasteiger partial charge >= 0.3 is 0 Å². The first-order valence-corrected chi connectivity index (χ1v) is 10.1. The summed E-state index contributed by atoms with van der Waals surface area (Å²) >= 11 is 5.73. The van der Waals surface area contributed by atoms with Gasteiger partial charge in [-0.1, -0.05) is 30.7 Å². The molecule has 0 saturated heterocycles. The second kappa shape index (κ2) is 10.1. The molecule has 0 aliphatic carbocycles. The smallest absolute Gasteiger partial charge is 0.255 e. The molecule has 0 radical (unpaired) electrons. The predicted octanol–water partition coefficient (Wildman–Crippen LogP) is 2.56. The van der Waals surface area contributed by atoms with Crippen LogP contribution in [0.4, 0.5) is 0 Å². The molecule has 0 aliphatic heterocycles. The molecule has 2 rings (SSSR count). The third kappa shape index (κ3) is 6.67. The Hall–Kier alpha value is -2.42. The first kappa shape index (κ1) is 20.9. The zero-order valence-corrected chi connectivity index (χ0v) is 16.3. The van der Waals surface area contributed by atoms with Crippen LogP contribution in [-0.4, -0.2) is 33.7 Å². The van der Waals surface area contributed by atoms with Crippen LogP contribution in [0.15, 0.2) is 58.5 Å². The highest BCUT2D eigenvalue weighted by molar-refractivity contribution is 7.89. The van der Waals surface area contributed by atoms with E-state index in [9.17, 15) is 13.2 Å². The van der Waals surface area contributed by atoms with Crippen molar-refractivity contribution in [1.29, 1.82) is 0 Å². The number of nitrogens with zero attached hydrogens (tertiary/aromatic N) is 1. The first-order valence-electron chi connectivity index (χ1n) is 8.21. The summed E-state index contributed by atoms with van der Waals surface area (Å²) in [4.78, 5) is 11.8. The number of hydrazone groups is 1. The van der Waals surface area contributed by atoms with Crippen LogP contribution in [-0.2, 0) is 14.8 Å². The van der Waals surface area contributed by atoms with Crippen LogP contribution in [0.2, 0.25) is 5.02 Å². The summed E-state index contributed by atoms with van der Waals surface area (Å²) in [6.45, 7) is 2.13. The maximum Gasteiger partial charge on any atom is 0.255 e. The number of benzene rings is 2. The average molecular weight is 410 g/mol. The highest BCUT2D eigenvalue weighted by Crippen LogP contribution is 2.16. The molecule has 9 heteroatoms. The standard InChI is InChI=1S/C18H20ClN3O4S/c1-2-11-26-17-6-4-3-5-14(17)12-20-22-18(23)13-21-27(24,25)16-9-7-15(19)8-10-16/h3-10,12,21H,2,11,13H2,1H3,(H,22,23)/b20-12-. The lowest BCUT2D eigenvalue weighted by Crippen LogP contribution is -2.34. The molecule has 1 amide bonds. The van der Waals surface area contributed by atoms with Gasteiger partial charge in [0.05, 0.1) is 24.3 Å². The third-order valence-corrected chi connectivity index (χ3v) is 4.99. The van der Waals surface area contributed by atoms with Crippen molar-refractivity contribution in [2.75, 3.05) is 13.2 Å². The minimum absolute atomic E-state index is 0.0187. The molecule has 2 aromatic rings. The minimum Gasteiger partial charge on any atom is -0.493 e. The molecule has 0 unspecified atom stereocenters. The van der Waals surface area contributed by atoms with Crippen molar-refractivity contribution < 1.29 is 17.9 Å². The summed E-state index contributed by atoms with van der Waals surface area (Å²) in [5.41, 5.74) is 2.98. The molecule has 0 heterocycles. The molecule has 2 aromatic carbocycles. The van der Waals surface area contributed by atoms with Crippen molar-refractivity contribution in [3.63, 3.8) is 0 Å². The Kier molecular flexibility index (Phi) is 7.78. The van der Waals surface area contributed by atoms with Crippen LogP contribution in [0.5, 0.6) is 5.75 Å². The van der Waals surface area contributed by atoms with E-state index in [2.05, 4.69) is 15.2 Å². The molecular formula is C18H20ClN3O4S. The van der Waals surface area contributed by atoms with Gasteiger partial charge in [0.25, 0.3) is 5.91 Å². The topological polar surface area (TPSA) is 96.9 Å². The molecule has 0 aromatic heterocycles. The van der Waals surface area contributed by atoms with Crippen LogP contribution in [0.25, 0.3) is 0 Å². The highest BCUT2D eigenvalue weighted by atomic mass is 35.5. The molecule has 2 N–H and O–H groups in total. The van der Waals surface area contributed by atoms with E-state index < -0.39 is 22.5 Å². The number of halogens is 1. The Balaban J connectivity index is 1.89. The molecule has 0 spiro atoms. The largest absolute Gasteiger partial charge is 0.493 e. The van der Waals surface area contributed by atoms with Gasteiger partial charge in [-0.25, -0.2) is 18.6 Å². The van der Waals surface area contributed by atoms with Crippen molar-refractivity contribution in [2.45, 2.75) is 18.2 Å². The Labute approximate surface area is 163 Å². The Morgan fingerprint density at radius 3 is 2.59 bits per heavy atom. The van der Waals surface area contributed by atoms with E-state index in [1.54, 1.807) is 12.1 Å². The monoisotopic (exact) mass is 409 g/mol. The van der Waals surface area contributed by atoms with Gasteiger partial charge in [0, 0.05) is 10.6 Å². The maximum atomic E-state index is 12.1. The molecule has 144 valence electrons. The lowest BCUT2D eigenvalue weighted by molar-refractivity contribution is -0.119. The number of carbonyl (C=O) groups excluding carboxylic acids is 1. The van der Waals surface area contributed by atoms with Crippen LogP contribution >= 0.6 is 11.6 Å². The van der Waals surface area contributed by atoms with Gasteiger partial charge in [-0.05, 0) is 42.8 Å². The first-order chi connectivity index (χ1) is 12.9. The number of ether oxygens (including phenoxy) is 1. The molecule has 0 saturated carbocycles. The number of nitrogens with one attached hydrogen (secondary N) is 2. The van der Waals surface area contributed by atoms with E-state index in [0.717, 1.165) is 6.42 Å².